The van der Waals surface area contributed by atoms with E-state index in [1.165, 1.54) is 12.1 Å². The maximum Gasteiger partial charge on any atom is 0.234 e. The molecule has 1 unspecified atom stereocenters. The van der Waals surface area contributed by atoms with Gasteiger partial charge in [-0.05, 0) is 41.8 Å². The summed E-state index contributed by atoms with van der Waals surface area (Å²) in [6, 6.07) is 14.3. The topological polar surface area (TPSA) is 44.4 Å². The number of nitrogens with one attached hydrogen (secondary N) is 2. The predicted octanol–water partition coefficient (Wildman–Crippen LogP) is 3.21. The second kappa shape index (κ2) is 10.6. The molecule has 1 aliphatic heterocycles. The second-order valence-electron chi connectivity index (χ2n) is 6.47. The lowest BCUT2D eigenvalue weighted by Gasteiger charge is -2.36. The zero-order chi connectivity index (χ0) is 18.4. The molecule has 0 aromatic heterocycles. The van der Waals surface area contributed by atoms with Gasteiger partial charge in [0.1, 0.15) is 5.82 Å². The highest BCUT2D eigenvalue weighted by molar-refractivity contribution is 6.30. The average Bonchev–Trinajstić information content (AvgIpc) is 2.64. The number of hydrogen-bond acceptors (Lipinski definition) is 3. The Kier molecular flexibility index (Phi) is 8.51. The third-order valence-corrected chi connectivity index (χ3v) is 4.82. The van der Waals surface area contributed by atoms with E-state index in [1.54, 1.807) is 12.1 Å². The fourth-order valence-electron chi connectivity index (χ4n) is 3.22. The lowest BCUT2D eigenvalue weighted by atomic mass is 10.0. The molecule has 1 saturated heterocycles. The van der Waals surface area contributed by atoms with Crippen LogP contribution in [0, 0.1) is 5.82 Å². The highest BCUT2D eigenvalue weighted by Crippen LogP contribution is 2.24. The van der Waals surface area contributed by atoms with Gasteiger partial charge >= 0.3 is 0 Å². The summed E-state index contributed by atoms with van der Waals surface area (Å²) in [4.78, 5) is 14.5. The molecular formula is C20H24Cl2FN3O. The van der Waals surface area contributed by atoms with Gasteiger partial charge in [-0.25, -0.2) is 4.39 Å². The van der Waals surface area contributed by atoms with E-state index in [0.717, 1.165) is 30.8 Å². The number of carbonyl (C=O) groups excluding carboxylic acids is 1. The largest absolute Gasteiger partial charge is 0.355 e. The van der Waals surface area contributed by atoms with Crippen LogP contribution in [0.4, 0.5) is 4.39 Å². The number of nitrogens with zero attached hydrogens (tertiary/aromatic N) is 1. The molecular weight excluding hydrogens is 388 g/mol. The SMILES string of the molecule is Cl.O=C(CN1CCNCC1c1cccc(Cl)c1)NCCc1ccc(F)cc1. The maximum absolute atomic E-state index is 12.9. The van der Waals surface area contributed by atoms with Crippen molar-refractivity contribution in [1.29, 1.82) is 0 Å². The van der Waals surface area contributed by atoms with Gasteiger partial charge in [0.15, 0.2) is 0 Å². The molecule has 4 nitrogen and oxygen atoms in total. The maximum atomic E-state index is 12.9. The van der Waals surface area contributed by atoms with Crippen molar-refractivity contribution in [2.75, 3.05) is 32.7 Å². The third kappa shape index (κ3) is 6.47. The lowest BCUT2D eigenvalue weighted by Crippen LogP contribution is -2.49. The van der Waals surface area contributed by atoms with E-state index in [-0.39, 0.29) is 30.2 Å². The number of benzene rings is 2. The molecule has 1 amide bonds. The average molecular weight is 412 g/mol. The molecule has 2 aromatic rings. The van der Waals surface area contributed by atoms with E-state index in [2.05, 4.69) is 15.5 Å². The number of carbonyl (C=O) groups is 1. The Balaban J connectivity index is 0.00000261. The first kappa shape index (κ1) is 21.6. The Morgan fingerprint density at radius 3 is 2.78 bits per heavy atom. The zero-order valence-corrected chi connectivity index (χ0v) is 16.5. The van der Waals surface area contributed by atoms with Crippen LogP contribution in [0.5, 0.6) is 0 Å². The van der Waals surface area contributed by atoms with Crippen molar-refractivity contribution in [3.05, 3.63) is 70.5 Å². The number of amides is 1. The van der Waals surface area contributed by atoms with Crippen LogP contribution in [0.2, 0.25) is 5.02 Å². The van der Waals surface area contributed by atoms with Gasteiger partial charge in [-0.15, -0.1) is 12.4 Å². The van der Waals surface area contributed by atoms with Gasteiger partial charge < -0.3 is 10.6 Å². The van der Waals surface area contributed by atoms with Crippen molar-refractivity contribution in [1.82, 2.24) is 15.5 Å². The fourth-order valence-corrected chi connectivity index (χ4v) is 3.41. The molecule has 7 heteroatoms. The molecule has 1 heterocycles. The van der Waals surface area contributed by atoms with E-state index in [0.29, 0.717) is 24.5 Å². The van der Waals surface area contributed by atoms with Crippen LogP contribution in [0.25, 0.3) is 0 Å². The lowest BCUT2D eigenvalue weighted by molar-refractivity contribution is -0.123. The molecule has 0 radical (unpaired) electrons. The minimum atomic E-state index is -0.247. The molecule has 27 heavy (non-hydrogen) atoms. The molecule has 0 saturated carbocycles. The van der Waals surface area contributed by atoms with Crippen LogP contribution in [0.3, 0.4) is 0 Å². The van der Waals surface area contributed by atoms with Gasteiger partial charge in [0, 0.05) is 37.2 Å². The van der Waals surface area contributed by atoms with Crippen LogP contribution in [-0.2, 0) is 11.2 Å². The first-order chi connectivity index (χ1) is 12.6. The van der Waals surface area contributed by atoms with E-state index in [4.69, 9.17) is 11.6 Å². The summed E-state index contributed by atoms with van der Waals surface area (Å²) in [5.41, 5.74) is 2.12. The summed E-state index contributed by atoms with van der Waals surface area (Å²) in [5.74, 6) is -0.246. The van der Waals surface area contributed by atoms with Crippen LogP contribution >= 0.6 is 24.0 Å². The molecule has 0 bridgehead atoms. The number of halogens is 3. The number of rotatable bonds is 6. The molecule has 3 rings (SSSR count). The van der Waals surface area contributed by atoms with Gasteiger partial charge in [-0.3, -0.25) is 9.69 Å². The van der Waals surface area contributed by atoms with Crippen molar-refractivity contribution in [3.63, 3.8) is 0 Å². The van der Waals surface area contributed by atoms with Crippen molar-refractivity contribution >= 4 is 29.9 Å². The van der Waals surface area contributed by atoms with Crippen LogP contribution in [-0.4, -0.2) is 43.5 Å². The summed E-state index contributed by atoms with van der Waals surface area (Å²) >= 11 is 6.11. The molecule has 146 valence electrons. The minimum Gasteiger partial charge on any atom is -0.355 e. The van der Waals surface area contributed by atoms with Crippen LogP contribution < -0.4 is 10.6 Å². The standard InChI is InChI=1S/C20H23ClFN3O.ClH/c21-17-3-1-2-16(12-17)19-13-23-10-11-25(19)14-20(26)24-9-8-15-4-6-18(22)7-5-15;/h1-7,12,19,23H,8-11,13-14H2,(H,24,26);1H. The van der Waals surface area contributed by atoms with E-state index in [1.807, 2.05) is 24.3 Å². The summed E-state index contributed by atoms with van der Waals surface area (Å²) in [7, 11) is 0. The zero-order valence-electron chi connectivity index (χ0n) is 15.0. The molecule has 1 aliphatic rings. The van der Waals surface area contributed by atoms with Gasteiger partial charge in [-0.1, -0.05) is 35.9 Å². The van der Waals surface area contributed by atoms with E-state index < -0.39 is 0 Å². The second-order valence-corrected chi connectivity index (χ2v) is 6.91. The molecule has 1 atom stereocenters. The van der Waals surface area contributed by atoms with Gasteiger partial charge in [-0.2, -0.15) is 0 Å². The van der Waals surface area contributed by atoms with E-state index >= 15 is 0 Å². The van der Waals surface area contributed by atoms with Gasteiger partial charge in [0.05, 0.1) is 6.54 Å². The first-order valence-corrected chi connectivity index (χ1v) is 9.21. The minimum absolute atomic E-state index is 0. The molecule has 2 aromatic carbocycles. The van der Waals surface area contributed by atoms with Gasteiger partial charge in [0.2, 0.25) is 5.91 Å². The summed E-state index contributed by atoms with van der Waals surface area (Å²) in [5, 5.41) is 7.04. The van der Waals surface area contributed by atoms with Gasteiger partial charge in [0.25, 0.3) is 0 Å². The normalized spacial score (nSPS) is 17.2. The monoisotopic (exact) mass is 411 g/mol. The van der Waals surface area contributed by atoms with Crippen LogP contribution in [0.15, 0.2) is 48.5 Å². The van der Waals surface area contributed by atoms with Crippen molar-refractivity contribution < 1.29 is 9.18 Å². The summed E-state index contributed by atoms with van der Waals surface area (Å²) in [6.07, 6.45) is 0.686. The molecule has 1 fully saturated rings. The van der Waals surface area contributed by atoms with Crippen molar-refractivity contribution in [3.8, 4) is 0 Å². The third-order valence-electron chi connectivity index (χ3n) is 4.58. The van der Waals surface area contributed by atoms with Crippen molar-refractivity contribution in [2.45, 2.75) is 12.5 Å². The Hall–Kier alpha value is -1.66. The molecule has 2 N–H and O–H groups in total. The Morgan fingerprint density at radius 2 is 2.04 bits per heavy atom. The Bertz CT molecular complexity index is 742. The van der Waals surface area contributed by atoms with Crippen LogP contribution in [0.1, 0.15) is 17.2 Å². The predicted molar refractivity (Wildman–Crippen MR) is 109 cm³/mol. The molecule has 0 spiro atoms. The Labute approximate surface area is 170 Å². The Morgan fingerprint density at radius 1 is 1.26 bits per heavy atom. The van der Waals surface area contributed by atoms with E-state index in [9.17, 15) is 9.18 Å². The highest BCUT2D eigenvalue weighted by Gasteiger charge is 2.25. The fraction of sp³-hybridized carbons (Fsp3) is 0.350. The number of piperazine rings is 1. The smallest absolute Gasteiger partial charge is 0.234 e. The number of hydrogen-bond donors (Lipinski definition) is 2. The quantitative estimate of drug-likeness (QED) is 0.766. The first-order valence-electron chi connectivity index (χ1n) is 8.83. The molecule has 0 aliphatic carbocycles. The highest BCUT2D eigenvalue weighted by atomic mass is 35.5. The van der Waals surface area contributed by atoms with Crippen molar-refractivity contribution in [2.24, 2.45) is 0 Å². The summed E-state index contributed by atoms with van der Waals surface area (Å²) in [6.45, 7) is 3.35. The summed E-state index contributed by atoms with van der Waals surface area (Å²) < 4.78 is 12.9.